The van der Waals surface area contributed by atoms with Crippen molar-refractivity contribution in [2.45, 2.75) is 25.2 Å². The average molecular weight is 516 g/mol. The number of fused-ring (bicyclic) bond motifs is 1. The number of rotatable bonds is 7. The van der Waals surface area contributed by atoms with Crippen molar-refractivity contribution in [2.24, 2.45) is 10.9 Å². The van der Waals surface area contributed by atoms with Gasteiger partial charge < -0.3 is 19.3 Å². The van der Waals surface area contributed by atoms with Crippen LogP contribution in [0.15, 0.2) is 65.7 Å². The van der Waals surface area contributed by atoms with E-state index in [1.54, 1.807) is 36.5 Å². The molecule has 1 aromatic heterocycles. The van der Waals surface area contributed by atoms with Crippen LogP contribution >= 0.6 is 0 Å². The van der Waals surface area contributed by atoms with Crippen molar-refractivity contribution in [2.75, 3.05) is 33.4 Å². The fourth-order valence-electron chi connectivity index (χ4n) is 5.36. The van der Waals surface area contributed by atoms with Crippen LogP contribution in [-0.2, 0) is 10.2 Å². The number of aliphatic hydroxyl groups is 1. The van der Waals surface area contributed by atoms with Crippen LogP contribution in [0.25, 0.3) is 11.8 Å². The molecular weight excluding hydrogens is 485 g/mol. The number of carbonyl (C=O) groups excluding carboxylic acids is 1. The Kier molecular flexibility index (Phi) is 6.03. The van der Waals surface area contributed by atoms with Gasteiger partial charge in [0.1, 0.15) is 17.3 Å². The van der Waals surface area contributed by atoms with Crippen molar-refractivity contribution in [3.63, 3.8) is 0 Å². The Morgan fingerprint density at radius 3 is 2.63 bits per heavy atom. The maximum Gasteiger partial charge on any atom is 0.279 e. The van der Waals surface area contributed by atoms with E-state index in [1.165, 1.54) is 12.1 Å². The van der Waals surface area contributed by atoms with Gasteiger partial charge in [0.25, 0.3) is 5.91 Å². The number of guanidine groups is 1. The maximum atomic E-state index is 13.7. The van der Waals surface area contributed by atoms with Crippen LogP contribution in [0.5, 0.6) is 5.75 Å². The molecule has 3 aliphatic rings. The molecule has 3 heterocycles. The molecule has 1 saturated carbocycles. The molecule has 9 heteroatoms. The van der Waals surface area contributed by atoms with Crippen molar-refractivity contribution < 1.29 is 19.0 Å². The molecule has 6 rings (SSSR count). The second-order valence-electron chi connectivity index (χ2n) is 10.5. The Morgan fingerprint density at radius 2 is 1.97 bits per heavy atom. The number of methoxy groups -OCH3 is 1. The molecule has 0 spiro atoms. The lowest BCUT2D eigenvalue weighted by Gasteiger charge is -2.46. The molecular formula is C29H30FN5O3. The number of hydrogen-bond donors (Lipinski definition) is 1. The number of amides is 1. The molecule has 38 heavy (non-hydrogen) atoms. The lowest BCUT2D eigenvalue weighted by atomic mass is 9.78. The SMILES string of the molecule is COc1cc(/C=C2\N=C3N(CC4CC4)CC(CO)(c4ccc(F)cc4)CN3C2=O)ccc1-n1cnc(C)c1. The molecule has 1 N–H and O–H groups in total. The third kappa shape index (κ3) is 4.36. The molecule has 2 aliphatic heterocycles. The fraction of sp³-hybridized carbons (Fsp3) is 0.345. The van der Waals surface area contributed by atoms with Crippen molar-refractivity contribution in [3.05, 3.63) is 83.3 Å². The van der Waals surface area contributed by atoms with E-state index in [9.17, 15) is 14.3 Å². The molecule has 3 aromatic rings. The van der Waals surface area contributed by atoms with Crippen molar-refractivity contribution in [1.29, 1.82) is 0 Å². The van der Waals surface area contributed by atoms with Gasteiger partial charge in [0.2, 0.25) is 5.96 Å². The van der Waals surface area contributed by atoms with Gasteiger partial charge in [-0.1, -0.05) is 18.2 Å². The quantitative estimate of drug-likeness (QED) is 0.487. The van der Waals surface area contributed by atoms with Crippen LogP contribution in [0.3, 0.4) is 0 Å². The number of hydrogen-bond acceptors (Lipinski definition) is 6. The maximum absolute atomic E-state index is 13.7. The van der Waals surface area contributed by atoms with Gasteiger partial charge in [-0.25, -0.2) is 14.4 Å². The summed E-state index contributed by atoms with van der Waals surface area (Å²) in [6.45, 7) is 3.31. The molecule has 2 aromatic carbocycles. The second kappa shape index (κ2) is 9.40. The van der Waals surface area contributed by atoms with Crippen LogP contribution in [0.2, 0.25) is 0 Å². The molecule has 8 nitrogen and oxygen atoms in total. The van der Waals surface area contributed by atoms with Crippen LogP contribution < -0.4 is 4.74 Å². The molecule has 0 bridgehead atoms. The summed E-state index contributed by atoms with van der Waals surface area (Å²) in [7, 11) is 1.61. The molecule has 1 amide bonds. The largest absolute Gasteiger partial charge is 0.495 e. The smallest absolute Gasteiger partial charge is 0.279 e. The summed E-state index contributed by atoms with van der Waals surface area (Å²) in [6, 6.07) is 11.9. The number of aliphatic hydroxyl groups excluding tert-OH is 1. The van der Waals surface area contributed by atoms with Gasteiger partial charge in [-0.15, -0.1) is 0 Å². The van der Waals surface area contributed by atoms with Gasteiger partial charge in [-0.3, -0.25) is 9.69 Å². The van der Waals surface area contributed by atoms with Crippen LogP contribution in [-0.4, -0.2) is 69.7 Å². The highest BCUT2D eigenvalue weighted by molar-refractivity contribution is 6.14. The van der Waals surface area contributed by atoms with Crippen LogP contribution in [0, 0.1) is 18.7 Å². The van der Waals surface area contributed by atoms with E-state index >= 15 is 0 Å². The van der Waals surface area contributed by atoms with E-state index in [1.807, 2.05) is 35.9 Å². The normalized spacial score (nSPS) is 22.2. The second-order valence-corrected chi connectivity index (χ2v) is 10.5. The standard InChI is InChI=1S/C29H30FN5O3/c1-19-13-34(18-31-19)25-10-5-21(12-26(25)38-2)11-24-27(37)35-16-29(17-36,22-6-8-23(30)9-7-22)15-33(28(35)32-24)14-20-3-4-20/h5-13,18,20,36H,3-4,14-17H2,1-2H3/b24-11-. The van der Waals surface area contributed by atoms with E-state index in [-0.39, 0.29) is 24.9 Å². The number of halogens is 1. The molecule has 1 saturated heterocycles. The van der Waals surface area contributed by atoms with E-state index < -0.39 is 5.41 Å². The highest BCUT2D eigenvalue weighted by atomic mass is 19.1. The predicted octanol–water partition coefficient (Wildman–Crippen LogP) is 3.52. The molecule has 0 radical (unpaired) electrons. The Balaban J connectivity index is 1.34. The van der Waals surface area contributed by atoms with E-state index in [4.69, 9.17) is 9.73 Å². The Morgan fingerprint density at radius 1 is 1.18 bits per heavy atom. The van der Waals surface area contributed by atoms with Gasteiger partial charge in [-0.2, -0.15) is 0 Å². The summed E-state index contributed by atoms with van der Waals surface area (Å²) < 4.78 is 21.2. The minimum Gasteiger partial charge on any atom is -0.495 e. The molecule has 196 valence electrons. The zero-order valence-electron chi connectivity index (χ0n) is 21.5. The summed E-state index contributed by atoms with van der Waals surface area (Å²) in [5.74, 6) is 1.28. The minimum absolute atomic E-state index is 0.164. The first-order valence-electron chi connectivity index (χ1n) is 12.8. The average Bonchev–Trinajstić information content (AvgIpc) is 3.56. The highest BCUT2D eigenvalue weighted by Gasteiger charge is 2.48. The van der Waals surface area contributed by atoms with E-state index in [0.29, 0.717) is 29.9 Å². The molecule has 1 unspecified atom stereocenters. The summed E-state index contributed by atoms with van der Waals surface area (Å²) in [4.78, 5) is 26.5. The Hall–Kier alpha value is -3.98. The lowest BCUT2D eigenvalue weighted by molar-refractivity contribution is -0.124. The first kappa shape index (κ1) is 24.4. The molecule has 1 aliphatic carbocycles. The van der Waals surface area contributed by atoms with Crippen LogP contribution in [0.1, 0.15) is 29.7 Å². The Bertz CT molecular complexity index is 1440. The van der Waals surface area contributed by atoms with Gasteiger partial charge >= 0.3 is 0 Å². The van der Waals surface area contributed by atoms with Crippen molar-refractivity contribution in [3.8, 4) is 11.4 Å². The van der Waals surface area contributed by atoms with Gasteiger partial charge in [0, 0.05) is 25.8 Å². The molecule has 2 fully saturated rings. The third-order valence-electron chi connectivity index (χ3n) is 7.60. The van der Waals surface area contributed by atoms with Crippen LogP contribution in [0.4, 0.5) is 4.39 Å². The number of benzene rings is 2. The number of nitrogens with zero attached hydrogens (tertiary/aromatic N) is 5. The van der Waals surface area contributed by atoms with Crippen molar-refractivity contribution >= 4 is 17.9 Å². The number of aryl methyl sites for hydroxylation is 1. The summed E-state index contributed by atoms with van der Waals surface area (Å²) >= 11 is 0. The van der Waals surface area contributed by atoms with Crippen molar-refractivity contribution in [1.82, 2.24) is 19.4 Å². The highest BCUT2D eigenvalue weighted by Crippen LogP contribution is 2.38. The Labute approximate surface area is 220 Å². The number of ether oxygens (including phenoxy) is 1. The number of carbonyl (C=O) groups is 1. The van der Waals surface area contributed by atoms with E-state index in [2.05, 4.69) is 9.88 Å². The van der Waals surface area contributed by atoms with Gasteiger partial charge in [0.05, 0.1) is 36.8 Å². The van der Waals surface area contributed by atoms with Gasteiger partial charge in [-0.05, 0) is 67.2 Å². The first-order valence-corrected chi connectivity index (χ1v) is 12.8. The number of imidazole rings is 1. The minimum atomic E-state index is -0.736. The summed E-state index contributed by atoms with van der Waals surface area (Å²) in [5.41, 5.74) is 2.94. The third-order valence-corrected chi connectivity index (χ3v) is 7.60. The van der Waals surface area contributed by atoms with E-state index in [0.717, 1.165) is 41.9 Å². The molecule has 1 atom stereocenters. The lowest BCUT2D eigenvalue weighted by Crippen LogP contribution is -2.62. The fourth-order valence-corrected chi connectivity index (χ4v) is 5.36. The van der Waals surface area contributed by atoms with Gasteiger partial charge in [0.15, 0.2) is 0 Å². The predicted molar refractivity (Wildman–Crippen MR) is 141 cm³/mol. The zero-order valence-corrected chi connectivity index (χ0v) is 21.5. The summed E-state index contributed by atoms with van der Waals surface area (Å²) in [6.07, 6.45) is 7.71. The number of aliphatic imine (C=N–C) groups is 1. The number of aromatic nitrogens is 2. The first-order chi connectivity index (χ1) is 18.4. The zero-order chi connectivity index (χ0) is 26.4. The topological polar surface area (TPSA) is 83.2 Å². The monoisotopic (exact) mass is 515 g/mol. The summed E-state index contributed by atoms with van der Waals surface area (Å²) in [5, 5.41) is 10.6.